The normalized spacial score (nSPS) is 11.8. The van der Waals surface area contributed by atoms with E-state index >= 15 is 0 Å². The van der Waals surface area contributed by atoms with E-state index in [1.54, 1.807) is 11.3 Å². The van der Waals surface area contributed by atoms with E-state index in [-0.39, 0.29) is 13.2 Å². The molecule has 0 aliphatic carbocycles. The van der Waals surface area contributed by atoms with E-state index in [1.165, 1.54) is 4.88 Å². The predicted molar refractivity (Wildman–Crippen MR) is 85.3 cm³/mol. The van der Waals surface area contributed by atoms with Crippen LogP contribution >= 0.6 is 27.3 Å². The van der Waals surface area contributed by atoms with Crippen LogP contribution in [0.3, 0.4) is 0 Å². The summed E-state index contributed by atoms with van der Waals surface area (Å²) in [4.78, 5) is 5.70. The summed E-state index contributed by atoms with van der Waals surface area (Å²) >= 11 is 5.03. The minimum atomic E-state index is -0.683. The Balaban J connectivity index is 2.36. The first-order valence-electron chi connectivity index (χ1n) is 6.41. The first-order valence-corrected chi connectivity index (χ1v) is 8.02. The second-order valence-electron chi connectivity index (χ2n) is 5.03. The maximum atomic E-state index is 9.84. The van der Waals surface area contributed by atoms with Crippen LogP contribution < -0.4 is 0 Å². The molecule has 0 radical (unpaired) electrons. The molecule has 0 atom stereocenters. The van der Waals surface area contributed by atoms with Crippen LogP contribution in [0.15, 0.2) is 28.7 Å². The number of hydrogen-bond acceptors (Lipinski definition) is 4. The van der Waals surface area contributed by atoms with Gasteiger partial charge in [0.15, 0.2) is 0 Å². The van der Waals surface area contributed by atoms with Gasteiger partial charge in [0, 0.05) is 21.2 Å². The van der Waals surface area contributed by atoms with E-state index in [0.29, 0.717) is 6.42 Å². The molecular weight excluding hydrogens is 338 g/mol. The fraction of sp³-hybridized carbons (Fsp3) is 0.400. The summed E-state index contributed by atoms with van der Waals surface area (Å²) in [6.07, 6.45) is 0.543. The molecule has 0 amide bonds. The van der Waals surface area contributed by atoms with Gasteiger partial charge in [-0.25, -0.2) is 4.98 Å². The Hall–Kier alpha value is -0.750. The summed E-state index contributed by atoms with van der Waals surface area (Å²) < 4.78 is 0.979. The Morgan fingerprint density at radius 3 is 2.20 bits per heavy atom. The predicted octanol–water partition coefficient (Wildman–Crippen LogP) is 2.99. The Morgan fingerprint density at radius 2 is 1.75 bits per heavy atom. The third-order valence-corrected chi connectivity index (χ3v) is 5.23. The summed E-state index contributed by atoms with van der Waals surface area (Å²) in [5.74, 6) is 0. The molecule has 0 saturated carbocycles. The van der Waals surface area contributed by atoms with E-state index < -0.39 is 5.41 Å². The van der Waals surface area contributed by atoms with Crippen molar-refractivity contribution in [3.8, 4) is 0 Å². The molecule has 0 saturated heterocycles. The summed E-state index contributed by atoms with van der Waals surface area (Å²) in [6, 6.07) is 7.72. The molecule has 5 heteroatoms. The zero-order chi connectivity index (χ0) is 14.8. The highest BCUT2D eigenvalue weighted by Crippen LogP contribution is 2.31. The zero-order valence-corrected chi connectivity index (χ0v) is 14.0. The van der Waals surface area contributed by atoms with Crippen LogP contribution in [0.25, 0.3) is 0 Å². The minimum Gasteiger partial charge on any atom is -0.395 e. The Bertz CT molecular complexity index is 557. The third-order valence-electron chi connectivity index (χ3n) is 3.62. The largest absolute Gasteiger partial charge is 0.395 e. The first kappa shape index (κ1) is 15.6. The molecule has 1 heterocycles. The molecule has 20 heavy (non-hydrogen) atoms. The molecule has 0 fully saturated rings. The molecule has 0 unspecified atom stereocenters. The fourth-order valence-corrected chi connectivity index (χ4v) is 3.50. The van der Waals surface area contributed by atoms with Gasteiger partial charge in [-0.2, -0.15) is 0 Å². The number of aliphatic hydroxyl groups is 2. The van der Waals surface area contributed by atoms with Crippen molar-refractivity contribution in [3.63, 3.8) is 0 Å². The number of nitrogens with zero attached hydrogens (tertiary/aromatic N) is 1. The van der Waals surface area contributed by atoms with Crippen molar-refractivity contribution in [1.82, 2.24) is 4.98 Å². The van der Waals surface area contributed by atoms with E-state index in [1.807, 2.05) is 38.1 Å². The lowest BCUT2D eigenvalue weighted by Gasteiger charge is -2.29. The SMILES string of the molecule is Cc1nc(CC(CO)(CO)c2ccc(Br)cc2)sc1C. The number of hydrogen-bond donors (Lipinski definition) is 2. The van der Waals surface area contributed by atoms with Crippen molar-refractivity contribution in [2.45, 2.75) is 25.7 Å². The first-order chi connectivity index (χ1) is 9.50. The highest BCUT2D eigenvalue weighted by molar-refractivity contribution is 9.10. The van der Waals surface area contributed by atoms with E-state index in [9.17, 15) is 10.2 Å². The summed E-state index contributed by atoms with van der Waals surface area (Å²) in [5, 5.41) is 20.6. The second-order valence-corrected chi connectivity index (χ2v) is 7.23. The van der Waals surface area contributed by atoms with Gasteiger partial charge < -0.3 is 10.2 Å². The van der Waals surface area contributed by atoms with Gasteiger partial charge in [0.25, 0.3) is 0 Å². The van der Waals surface area contributed by atoms with Gasteiger partial charge in [-0.1, -0.05) is 28.1 Å². The highest BCUT2D eigenvalue weighted by Gasteiger charge is 2.32. The van der Waals surface area contributed by atoms with Gasteiger partial charge in [-0.05, 0) is 31.5 Å². The van der Waals surface area contributed by atoms with Crippen molar-refractivity contribution >= 4 is 27.3 Å². The maximum absolute atomic E-state index is 9.84. The van der Waals surface area contributed by atoms with Crippen LogP contribution in [-0.4, -0.2) is 28.4 Å². The molecule has 2 aromatic rings. The Kier molecular flexibility index (Phi) is 4.96. The average molecular weight is 356 g/mol. The van der Waals surface area contributed by atoms with Gasteiger partial charge in [-0.3, -0.25) is 0 Å². The molecule has 0 aliphatic rings. The molecule has 1 aromatic carbocycles. The van der Waals surface area contributed by atoms with Crippen LogP contribution in [0.2, 0.25) is 0 Å². The lowest BCUT2D eigenvalue weighted by molar-refractivity contribution is 0.116. The van der Waals surface area contributed by atoms with Crippen molar-refractivity contribution < 1.29 is 10.2 Å². The van der Waals surface area contributed by atoms with Crippen molar-refractivity contribution in [2.24, 2.45) is 0 Å². The fourth-order valence-electron chi connectivity index (χ4n) is 2.15. The summed E-state index contributed by atoms with van der Waals surface area (Å²) in [7, 11) is 0. The zero-order valence-electron chi connectivity index (χ0n) is 11.6. The topological polar surface area (TPSA) is 53.4 Å². The molecule has 3 nitrogen and oxygen atoms in total. The number of aliphatic hydroxyl groups excluding tert-OH is 2. The van der Waals surface area contributed by atoms with Crippen LogP contribution in [-0.2, 0) is 11.8 Å². The van der Waals surface area contributed by atoms with E-state index in [0.717, 1.165) is 20.7 Å². The lowest BCUT2D eigenvalue weighted by atomic mass is 9.79. The number of rotatable bonds is 5. The smallest absolute Gasteiger partial charge is 0.0941 e. The van der Waals surface area contributed by atoms with Gasteiger partial charge in [0.1, 0.15) is 0 Å². The van der Waals surface area contributed by atoms with Gasteiger partial charge in [-0.15, -0.1) is 11.3 Å². The number of aromatic nitrogens is 1. The molecular formula is C15H18BrNO2S. The number of benzene rings is 1. The Morgan fingerprint density at radius 1 is 1.15 bits per heavy atom. The summed E-state index contributed by atoms with van der Waals surface area (Å²) in [5.41, 5.74) is 1.26. The molecule has 2 rings (SSSR count). The van der Waals surface area contributed by atoms with Crippen molar-refractivity contribution in [2.75, 3.05) is 13.2 Å². The van der Waals surface area contributed by atoms with Crippen LogP contribution in [0.1, 0.15) is 21.1 Å². The highest BCUT2D eigenvalue weighted by atomic mass is 79.9. The van der Waals surface area contributed by atoms with Gasteiger partial charge in [0.2, 0.25) is 0 Å². The number of aryl methyl sites for hydroxylation is 2. The molecule has 0 aliphatic heterocycles. The van der Waals surface area contributed by atoms with Crippen molar-refractivity contribution in [3.05, 3.63) is 49.9 Å². The van der Waals surface area contributed by atoms with Gasteiger partial charge in [0.05, 0.1) is 23.9 Å². The molecule has 108 valence electrons. The maximum Gasteiger partial charge on any atom is 0.0941 e. The van der Waals surface area contributed by atoms with Crippen LogP contribution in [0.4, 0.5) is 0 Å². The van der Waals surface area contributed by atoms with Crippen LogP contribution in [0.5, 0.6) is 0 Å². The lowest BCUT2D eigenvalue weighted by Crippen LogP contribution is -2.37. The van der Waals surface area contributed by atoms with Crippen LogP contribution in [0, 0.1) is 13.8 Å². The van der Waals surface area contributed by atoms with Gasteiger partial charge >= 0.3 is 0 Å². The number of thiazole rings is 1. The van der Waals surface area contributed by atoms with E-state index in [4.69, 9.17) is 0 Å². The summed E-state index contributed by atoms with van der Waals surface area (Å²) in [6.45, 7) is 3.80. The quantitative estimate of drug-likeness (QED) is 0.866. The van der Waals surface area contributed by atoms with E-state index in [2.05, 4.69) is 20.9 Å². The Labute approximate surface area is 131 Å². The molecule has 0 spiro atoms. The monoisotopic (exact) mass is 355 g/mol. The molecule has 2 N–H and O–H groups in total. The second kappa shape index (κ2) is 6.35. The average Bonchev–Trinajstić information content (AvgIpc) is 2.76. The molecule has 1 aromatic heterocycles. The number of halogens is 1. The molecule has 0 bridgehead atoms. The standard InChI is InChI=1S/C15H18BrNO2S/c1-10-11(2)20-14(17-10)7-15(8-18,9-19)12-3-5-13(16)6-4-12/h3-6,18-19H,7-9H2,1-2H3. The third kappa shape index (κ3) is 3.11. The van der Waals surface area contributed by atoms with Crippen molar-refractivity contribution in [1.29, 1.82) is 0 Å². The minimum absolute atomic E-state index is 0.108.